The maximum atomic E-state index is 12.4. The number of ether oxygens (including phenoxy) is 1. The largest absolute Gasteiger partial charge is 0.395 e. The highest BCUT2D eigenvalue weighted by atomic mass is 16.5. The standard InChI is InChI=1S/C15H18N2O3/c1-12-11-20-7-5-17(12)15(19)14-8-13(9-16-10-14)4-2-3-6-18/h8-10,12,18H,3,5-7,11H2,1H3. The molecule has 1 aliphatic rings. The summed E-state index contributed by atoms with van der Waals surface area (Å²) in [7, 11) is 0. The average molecular weight is 274 g/mol. The maximum Gasteiger partial charge on any atom is 0.255 e. The fraction of sp³-hybridized carbons (Fsp3) is 0.467. The van der Waals surface area contributed by atoms with Gasteiger partial charge in [-0.25, -0.2) is 0 Å². The average Bonchev–Trinajstić information content (AvgIpc) is 2.48. The third kappa shape index (κ3) is 3.56. The molecule has 2 rings (SSSR count). The van der Waals surface area contributed by atoms with Crippen LogP contribution in [0.4, 0.5) is 0 Å². The van der Waals surface area contributed by atoms with Crippen molar-refractivity contribution in [3.63, 3.8) is 0 Å². The molecule has 2 heterocycles. The number of aromatic nitrogens is 1. The van der Waals surface area contributed by atoms with Gasteiger partial charge in [-0.15, -0.1) is 0 Å². The van der Waals surface area contributed by atoms with E-state index in [4.69, 9.17) is 9.84 Å². The molecule has 1 amide bonds. The number of carbonyl (C=O) groups excluding carboxylic acids is 1. The van der Waals surface area contributed by atoms with E-state index in [1.807, 2.05) is 6.92 Å². The molecule has 1 aromatic rings. The summed E-state index contributed by atoms with van der Waals surface area (Å²) >= 11 is 0. The fourth-order valence-corrected chi connectivity index (χ4v) is 2.04. The molecule has 106 valence electrons. The molecular formula is C15H18N2O3. The molecule has 0 spiro atoms. The van der Waals surface area contributed by atoms with E-state index in [-0.39, 0.29) is 18.6 Å². The highest BCUT2D eigenvalue weighted by molar-refractivity contribution is 5.94. The van der Waals surface area contributed by atoms with E-state index < -0.39 is 0 Å². The van der Waals surface area contributed by atoms with E-state index in [0.29, 0.717) is 37.3 Å². The normalized spacial score (nSPS) is 18.3. The molecule has 1 aromatic heterocycles. The topological polar surface area (TPSA) is 62.7 Å². The van der Waals surface area contributed by atoms with Crippen LogP contribution in [0.25, 0.3) is 0 Å². The number of pyridine rings is 1. The van der Waals surface area contributed by atoms with E-state index in [1.165, 1.54) is 0 Å². The van der Waals surface area contributed by atoms with Crippen LogP contribution in [-0.4, -0.2) is 53.3 Å². The Labute approximate surface area is 118 Å². The lowest BCUT2D eigenvalue weighted by Gasteiger charge is -2.33. The summed E-state index contributed by atoms with van der Waals surface area (Å²) in [6.45, 7) is 3.73. The summed E-state index contributed by atoms with van der Waals surface area (Å²) in [6.07, 6.45) is 3.59. The molecule has 1 saturated heterocycles. The number of hydrogen-bond acceptors (Lipinski definition) is 4. The fourth-order valence-electron chi connectivity index (χ4n) is 2.04. The minimum atomic E-state index is -0.0425. The molecule has 1 aliphatic heterocycles. The predicted molar refractivity (Wildman–Crippen MR) is 74.1 cm³/mol. The van der Waals surface area contributed by atoms with E-state index in [0.717, 1.165) is 0 Å². The van der Waals surface area contributed by atoms with Crippen molar-refractivity contribution in [1.29, 1.82) is 0 Å². The van der Waals surface area contributed by atoms with Gasteiger partial charge in [0.2, 0.25) is 0 Å². The first-order chi connectivity index (χ1) is 9.72. The zero-order valence-corrected chi connectivity index (χ0v) is 11.5. The monoisotopic (exact) mass is 274 g/mol. The van der Waals surface area contributed by atoms with Crippen LogP contribution in [0.5, 0.6) is 0 Å². The van der Waals surface area contributed by atoms with Crippen molar-refractivity contribution in [2.45, 2.75) is 19.4 Å². The zero-order valence-electron chi connectivity index (χ0n) is 11.5. The summed E-state index contributed by atoms with van der Waals surface area (Å²) < 4.78 is 5.33. The second kappa shape index (κ2) is 7.04. The molecule has 0 radical (unpaired) electrons. The highest BCUT2D eigenvalue weighted by Crippen LogP contribution is 2.12. The van der Waals surface area contributed by atoms with Crippen LogP contribution >= 0.6 is 0 Å². The first-order valence-electron chi connectivity index (χ1n) is 6.66. The lowest BCUT2D eigenvalue weighted by atomic mass is 10.1. The van der Waals surface area contributed by atoms with Crippen molar-refractivity contribution < 1.29 is 14.6 Å². The van der Waals surface area contributed by atoms with Crippen molar-refractivity contribution >= 4 is 5.91 Å². The molecule has 0 bridgehead atoms. The van der Waals surface area contributed by atoms with Crippen LogP contribution in [-0.2, 0) is 4.74 Å². The molecule has 1 N–H and O–H groups in total. The summed E-state index contributed by atoms with van der Waals surface area (Å²) in [5.74, 6) is 5.67. The minimum Gasteiger partial charge on any atom is -0.395 e. The van der Waals surface area contributed by atoms with Gasteiger partial charge in [-0.3, -0.25) is 9.78 Å². The first-order valence-corrected chi connectivity index (χ1v) is 6.66. The van der Waals surface area contributed by atoms with Gasteiger partial charge in [0.25, 0.3) is 5.91 Å². The van der Waals surface area contributed by atoms with E-state index >= 15 is 0 Å². The van der Waals surface area contributed by atoms with Gasteiger partial charge in [0.1, 0.15) is 0 Å². The number of aliphatic hydroxyl groups is 1. The van der Waals surface area contributed by atoms with Gasteiger partial charge in [0.05, 0.1) is 31.4 Å². The molecule has 0 aromatic carbocycles. The van der Waals surface area contributed by atoms with Crippen LogP contribution in [0.15, 0.2) is 18.5 Å². The second-order valence-electron chi connectivity index (χ2n) is 4.66. The van der Waals surface area contributed by atoms with Crippen LogP contribution in [0.3, 0.4) is 0 Å². The summed E-state index contributed by atoms with van der Waals surface area (Å²) in [4.78, 5) is 18.3. The SMILES string of the molecule is CC1COCCN1C(=O)c1cncc(C#CCCO)c1. The third-order valence-corrected chi connectivity index (χ3v) is 3.08. The molecule has 1 fully saturated rings. The van der Waals surface area contributed by atoms with Gasteiger partial charge in [-0.2, -0.15) is 0 Å². The quantitative estimate of drug-likeness (QED) is 0.805. The van der Waals surface area contributed by atoms with Crippen molar-refractivity contribution in [1.82, 2.24) is 9.88 Å². The number of morpholine rings is 1. The Balaban J connectivity index is 2.14. The van der Waals surface area contributed by atoms with Crippen molar-refractivity contribution in [3.05, 3.63) is 29.6 Å². The predicted octanol–water partition coefficient (Wildman–Crippen LogP) is 0.676. The van der Waals surface area contributed by atoms with Crippen molar-refractivity contribution in [2.24, 2.45) is 0 Å². The summed E-state index contributed by atoms with van der Waals surface area (Å²) in [5, 5.41) is 8.70. The molecule has 0 aliphatic carbocycles. The number of hydrogen-bond donors (Lipinski definition) is 1. The van der Waals surface area contributed by atoms with Crippen molar-refractivity contribution in [3.8, 4) is 11.8 Å². The van der Waals surface area contributed by atoms with Crippen LogP contribution in [0, 0.1) is 11.8 Å². The first kappa shape index (κ1) is 14.5. The van der Waals surface area contributed by atoms with Gasteiger partial charge in [-0.1, -0.05) is 11.8 Å². The second-order valence-corrected chi connectivity index (χ2v) is 4.66. The molecule has 0 saturated carbocycles. The highest BCUT2D eigenvalue weighted by Gasteiger charge is 2.24. The van der Waals surface area contributed by atoms with Gasteiger partial charge in [0.15, 0.2) is 0 Å². The molecule has 20 heavy (non-hydrogen) atoms. The minimum absolute atomic E-state index is 0.0321. The van der Waals surface area contributed by atoms with Gasteiger partial charge in [-0.05, 0) is 13.0 Å². The molecule has 1 atom stereocenters. The smallest absolute Gasteiger partial charge is 0.255 e. The Kier molecular flexibility index (Phi) is 5.10. The van der Waals surface area contributed by atoms with E-state index in [2.05, 4.69) is 16.8 Å². The van der Waals surface area contributed by atoms with E-state index in [1.54, 1.807) is 23.4 Å². The van der Waals surface area contributed by atoms with Gasteiger partial charge < -0.3 is 14.7 Å². The third-order valence-electron chi connectivity index (χ3n) is 3.08. The number of aliphatic hydroxyl groups excluding tert-OH is 1. The maximum absolute atomic E-state index is 12.4. The molecular weight excluding hydrogens is 256 g/mol. The lowest BCUT2D eigenvalue weighted by molar-refractivity contribution is 0.00357. The Morgan fingerprint density at radius 3 is 3.20 bits per heavy atom. The van der Waals surface area contributed by atoms with Crippen LogP contribution in [0.2, 0.25) is 0 Å². The zero-order chi connectivity index (χ0) is 14.4. The number of nitrogens with zero attached hydrogens (tertiary/aromatic N) is 2. The van der Waals surface area contributed by atoms with E-state index in [9.17, 15) is 4.79 Å². The molecule has 5 nitrogen and oxygen atoms in total. The molecule has 1 unspecified atom stereocenters. The summed E-state index contributed by atoms with van der Waals surface area (Å²) in [6, 6.07) is 1.81. The van der Waals surface area contributed by atoms with Gasteiger partial charge >= 0.3 is 0 Å². The lowest BCUT2D eigenvalue weighted by Crippen LogP contribution is -2.47. The summed E-state index contributed by atoms with van der Waals surface area (Å²) in [5.41, 5.74) is 1.22. The van der Waals surface area contributed by atoms with Gasteiger partial charge in [0, 0.05) is 30.9 Å². The molecule has 5 heteroatoms. The van der Waals surface area contributed by atoms with Crippen LogP contribution in [0.1, 0.15) is 29.3 Å². The Morgan fingerprint density at radius 1 is 1.60 bits per heavy atom. The Bertz CT molecular complexity index is 533. The number of rotatable bonds is 2. The van der Waals surface area contributed by atoms with Crippen LogP contribution < -0.4 is 0 Å². The number of amides is 1. The van der Waals surface area contributed by atoms with Crippen molar-refractivity contribution in [2.75, 3.05) is 26.4 Å². The Morgan fingerprint density at radius 2 is 2.45 bits per heavy atom. The number of carbonyl (C=O) groups is 1. The Hall–Kier alpha value is -1.90.